The Morgan fingerprint density at radius 1 is 1.33 bits per heavy atom. The second-order valence-corrected chi connectivity index (χ2v) is 8.24. The summed E-state index contributed by atoms with van der Waals surface area (Å²) in [6.07, 6.45) is 8.06. The summed E-state index contributed by atoms with van der Waals surface area (Å²) in [5.41, 5.74) is 2.42. The van der Waals surface area contributed by atoms with Gasteiger partial charge in [-0.15, -0.1) is 0 Å². The van der Waals surface area contributed by atoms with Crippen molar-refractivity contribution in [2.75, 3.05) is 38.6 Å². The second kappa shape index (κ2) is 7.33. The zero-order valence-corrected chi connectivity index (χ0v) is 15.9. The molecule has 130 valence electrons. The summed E-state index contributed by atoms with van der Waals surface area (Å²) >= 11 is 6.16. The van der Waals surface area contributed by atoms with Crippen LogP contribution in [-0.2, 0) is 0 Å². The number of piperidine rings is 1. The van der Waals surface area contributed by atoms with Crippen molar-refractivity contribution in [2.24, 2.45) is 11.3 Å². The lowest BCUT2D eigenvalue weighted by molar-refractivity contribution is 0.313. The van der Waals surface area contributed by atoms with Gasteiger partial charge in [0.15, 0.2) is 0 Å². The normalized spacial score (nSPS) is 20.0. The Labute approximate surface area is 151 Å². The van der Waals surface area contributed by atoms with E-state index in [1.54, 1.807) is 0 Å². The predicted octanol–water partition coefficient (Wildman–Crippen LogP) is 4.05. The van der Waals surface area contributed by atoms with Gasteiger partial charge >= 0.3 is 0 Å². The summed E-state index contributed by atoms with van der Waals surface area (Å²) in [6, 6.07) is 1.99. The summed E-state index contributed by atoms with van der Waals surface area (Å²) in [7, 11) is 4.30. The van der Waals surface area contributed by atoms with E-state index in [0.29, 0.717) is 5.15 Å². The summed E-state index contributed by atoms with van der Waals surface area (Å²) in [5.74, 6) is 7.63. The molecular weight excluding hydrogens is 318 g/mol. The Morgan fingerprint density at radius 3 is 2.67 bits per heavy atom. The Kier molecular flexibility index (Phi) is 5.37. The average Bonchev–Trinajstić information content (AvgIpc) is 3.30. The molecule has 0 atom stereocenters. The lowest BCUT2D eigenvalue weighted by Gasteiger charge is -2.34. The van der Waals surface area contributed by atoms with E-state index in [1.165, 1.54) is 38.6 Å². The van der Waals surface area contributed by atoms with E-state index in [2.05, 4.69) is 47.6 Å². The molecule has 1 saturated carbocycles. The molecule has 0 radical (unpaired) electrons. The van der Waals surface area contributed by atoms with Crippen molar-refractivity contribution in [3.05, 3.63) is 23.0 Å². The average molecular weight is 346 g/mol. The molecule has 1 aliphatic carbocycles. The van der Waals surface area contributed by atoms with Gasteiger partial charge in [0, 0.05) is 30.8 Å². The van der Waals surface area contributed by atoms with E-state index < -0.39 is 0 Å². The Balaban J connectivity index is 1.68. The van der Waals surface area contributed by atoms with Crippen LogP contribution in [0.15, 0.2) is 12.3 Å². The smallest absolute Gasteiger partial charge is 0.131 e. The molecule has 1 saturated heterocycles. The van der Waals surface area contributed by atoms with E-state index in [9.17, 15) is 0 Å². The zero-order valence-electron chi connectivity index (χ0n) is 15.1. The number of nitrogens with zero attached hydrogens (tertiary/aromatic N) is 3. The maximum absolute atomic E-state index is 6.16. The van der Waals surface area contributed by atoms with Gasteiger partial charge in [0.05, 0.1) is 11.3 Å². The highest BCUT2D eigenvalue weighted by Crippen LogP contribution is 2.44. The molecule has 1 aromatic heterocycles. The van der Waals surface area contributed by atoms with E-state index in [4.69, 9.17) is 11.6 Å². The van der Waals surface area contributed by atoms with Gasteiger partial charge < -0.3 is 9.80 Å². The highest BCUT2D eigenvalue weighted by Gasteiger charge is 2.35. The minimum atomic E-state index is 0.232. The number of pyridine rings is 1. The molecule has 4 heteroatoms. The minimum absolute atomic E-state index is 0.232. The van der Waals surface area contributed by atoms with Crippen LogP contribution in [-0.4, -0.2) is 43.6 Å². The van der Waals surface area contributed by atoms with Gasteiger partial charge in [0.1, 0.15) is 5.15 Å². The Morgan fingerprint density at radius 2 is 2.04 bits per heavy atom. The van der Waals surface area contributed by atoms with Crippen LogP contribution >= 0.6 is 11.6 Å². The van der Waals surface area contributed by atoms with Crippen molar-refractivity contribution in [1.82, 2.24) is 9.88 Å². The SMILES string of the molecule is CN(C)CCC1CCN(c2cc(Cl)ncc2C#CC2(C)CC2)CC1. The molecule has 0 unspecified atom stereocenters. The van der Waals surface area contributed by atoms with Crippen molar-refractivity contribution < 1.29 is 0 Å². The monoisotopic (exact) mass is 345 g/mol. The van der Waals surface area contributed by atoms with Crippen molar-refractivity contribution >= 4 is 17.3 Å². The maximum Gasteiger partial charge on any atom is 0.131 e. The molecule has 1 aromatic rings. The van der Waals surface area contributed by atoms with Crippen LogP contribution in [0.3, 0.4) is 0 Å². The third-order valence-electron chi connectivity index (χ3n) is 5.29. The number of anilines is 1. The largest absolute Gasteiger partial charge is 0.370 e. The topological polar surface area (TPSA) is 19.4 Å². The highest BCUT2D eigenvalue weighted by molar-refractivity contribution is 6.29. The van der Waals surface area contributed by atoms with E-state index in [-0.39, 0.29) is 5.41 Å². The molecule has 0 bridgehead atoms. The molecule has 0 N–H and O–H groups in total. The fraction of sp³-hybridized carbons (Fsp3) is 0.650. The first-order valence-corrected chi connectivity index (χ1v) is 9.41. The molecule has 0 aromatic carbocycles. The third-order valence-corrected chi connectivity index (χ3v) is 5.49. The molecule has 3 rings (SSSR count). The van der Waals surface area contributed by atoms with E-state index in [1.807, 2.05) is 12.3 Å². The van der Waals surface area contributed by atoms with Gasteiger partial charge in [-0.1, -0.05) is 23.4 Å². The quantitative estimate of drug-likeness (QED) is 0.606. The first kappa shape index (κ1) is 17.6. The Bertz CT molecular complexity index is 632. The minimum Gasteiger partial charge on any atom is -0.370 e. The zero-order chi connectivity index (χ0) is 17.2. The summed E-state index contributed by atoms with van der Waals surface area (Å²) in [6.45, 7) is 5.59. The molecule has 1 aliphatic heterocycles. The van der Waals surface area contributed by atoms with E-state index >= 15 is 0 Å². The van der Waals surface area contributed by atoms with Gasteiger partial charge in [-0.2, -0.15) is 0 Å². The number of aromatic nitrogens is 1. The van der Waals surface area contributed by atoms with Gasteiger partial charge in [0.25, 0.3) is 0 Å². The molecule has 2 aliphatic rings. The van der Waals surface area contributed by atoms with Crippen molar-refractivity contribution in [1.29, 1.82) is 0 Å². The lowest BCUT2D eigenvalue weighted by Crippen LogP contribution is -2.35. The first-order chi connectivity index (χ1) is 11.5. The summed E-state index contributed by atoms with van der Waals surface area (Å²) in [4.78, 5) is 8.97. The number of halogens is 1. The highest BCUT2D eigenvalue weighted by atomic mass is 35.5. The standard InChI is InChI=1S/C20H28ClN3/c1-20(9-10-20)8-4-17-15-22-19(21)14-18(17)24-12-6-16(7-13-24)5-11-23(2)3/h14-16H,5-7,9-13H2,1-3H3. The summed E-state index contributed by atoms with van der Waals surface area (Å²) in [5, 5.41) is 0.558. The third kappa shape index (κ3) is 4.65. The Hall–Kier alpha value is -1.24. The molecule has 2 fully saturated rings. The van der Waals surface area contributed by atoms with Crippen LogP contribution < -0.4 is 4.90 Å². The van der Waals surface area contributed by atoms with Crippen molar-refractivity contribution in [3.8, 4) is 11.8 Å². The predicted molar refractivity (Wildman–Crippen MR) is 102 cm³/mol. The number of rotatable bonds is 4. The van der Waals surface area contributed by atoms with Gasteiger partial charge in [-0.25, -0.2) is 4.98 Å². The number of hydrogen-bond donors (Lipinski definition) is 0. The van der Waals surface area contributed by atoms with Gasteiger partial charge in [-0.3, -0.25) is 0 Å². The molecular formula is C20H28ClN3. The van der Waals surface area contributed by atoms with Crippen molar-refractivity contribution in [3.63, 3.8) is 0 Å². The summed E-state index contributed by atoms with van der Waals surface area (Å²) < 4.78 is 0. The van der Waals surface area contributed by atoms with Crippen molar-refractivity contribution in [2.45, 2.75) is 39.0 Å². The van der Waals surface area contributed by atoms with Crippen LogP contribution in [0.25, 0.3) is 0 Å². The van der Waals surface area contributed by atoms with Gasteiger partial charge in [0.2, 0.25) is 0 Å². The van der Waals surface area contributed by atoms with Crippen LogP contribution in [0, 0.1) is 23.2 Å². The second-order valence-electron chi connectivity index (χ2n) is 7.86. The molecule has 2 heterocycles. The van der Waals surface area contributed by atoms with Gasteiger partial charge in [-0.05, 0) is 65.6 Å². The van der Waals surface area contributed by atoms with E-state index in [0.717, 1.165) is 30.3 Å². The molecule has 0 amide bonds. The number of hydrogen-bond acceptors (Lipinski definition) is 3. The molecule has 3 nitrogen and oxygen atoms in total. The molecule has 0 spiro atoms. The lowest BCUT2D eigenvalue weighted by atomic mass is 9.93. The van der Waals surface area contributed by atoms with Crippen LogP contribution in [0.4, 0.5) is 5.69 Å². The fourth-order valence-electron chi connectivity index (χ4n) is 3.21. The first-order valence-electron chi connectivity index (χ1n) is 9.04. The maximum atomic E-state index is 6.16. The molecule has 24 heavy (non-hydrogen) atoms. The van der Waals surface area contributed by atoms with Crippen LogP contribution in [0.1, 0.15) is 44.6 Å². The van der Waals surface area contributed by atoms with Crippen LogP contribution in [0.2, 0.25) is 5.15 Å². The van der Waals surface area contributed by atoms with Crippen LogP contribution in [0.5, 0.6) is 0 Å². The fourth-order valence-corrected chi connectivity index (χ4v) is 3.36.